The number of hydrogen-bond donors (Lipinski definition) is 3. The van der Waals surface area contributed by atoms with Crippen LogP contribution in [0.2, 0.25) is 0 Å². The number of hydrogen-bond acceptors (Lipinski definition) is 3. The Morgan fingerprint density at radius 3 is 2.48 bits per heavy atom. The lowest BCUT2D eigenvalue weighted by molar-refractivity contribution is -0.138. The van der Waals surface area contributed by atoms with Gasteiger partial charge >= 0.3 is 12.0 Å². The number of carboxylic acids is 1. The Morgan fingerprint density at radius 1 is 1.19 bits per heavy atom. The zero-order valence-electron chi connectivity index (χ0n) is 13.5. The van der Waals surface area contributed by atoms with Gasteiger partial charge in [0.15, 0.2) is 0 Å². The molecule has 0 rings (SSSR count). The van der Waals surface area contributed by atoms with Crippen molar-refractivity contribution in [3.05, 3.63) is 0 Å². The molecule has 0 heterocycles. The number of rotatable bonds is 12. The number of amides is 2. The van der Waals surface area contributed by atoms with Crippen molar-refractivity contribution in [2.24, 2.45) is 11.8 Å². The second-order valence-corrected chi connectivity index (χ2v) is 5.70. The maximum absolute atomic E-state index is 11.6. The van der Waals surface area contributed by atoms with E-state index >= 15 is 0 Å². The van der Waals surface area contributed by atoms with Gasteiger partial charge in [0.1, 0.15) is 0 Å². The number of ether oxygens (including phenoxy) is 1. The van der Waals surface area contributed by atoms with Crippen LogP contribution in [0.25, 0.3) is 0 Å². The summed E-state index contributed by atoms with van der Waals surface area (Å²) in [5.41, 5.74) is 0. The molecule has 0 bridgehead atoms. The lowest BCUT2D eigenvalue weighted by Crippen LogP contribution is -2.40. The van der Waals surface area contributed by atoms with Crippen molar-refractivity contribution < 1.29 is 19.4 Å². The van der Waals surface area contributed by atoms with Crippen molar-refractivity contribution in [1.82, 2.24) is 10.6 Å². The Morgan fingerprint density at radius 2 is 1.90 bits per heavy atom. The Balaban J connectivity index is 3.78. The van der Waals surface area contributed by atoms with Crippen molar-refractivity contribution in [1.29, 1.82) is 0 Å². The average molecular weight is 302 g/mol. The Bertz CT molecular complexity index is 295. The summed E-state index contributed by atoms with van der Waals surface area (Å²) in [5, 5.41) is 14.3. The summed E-state index contributed by atoms with van der Waals surface area (Å²) >= 11 is 0. The zero-order valence-corrected chi connectivity index (χ0v) is 13.5. The van der Waals surface area contributed by atoms with Gasteiger partial charge in [-0.1, -0.05) is 27.2 Å². The lowest BCUT2D eigenvalue weighted by Gasteiger charge is -2.18. The van der Waals surface area contributed by atoms with Crippen LogP contribution < -0.4 is 10.6 Å². The van der Waals surface area contributed by atoms with E-state index in [4.69, 9.17) is 9.84 Å². The molecule has 0 saturated heterocycles. The molecule has 0 aromatic heterocycles. The van der Waals surface area contributed by atoms with Crippen molar-refractivity contribution >= 4 is 12.0 Å². The molecule has 3 N–H and O–H groups in total. The van der Waals surface area contributed by atoms with Crippen molar-refractivity contribution in [3.8, 4) is 0 Å². The first-order valence-electron chi connectivity index (χ1n) is 7.76. The van der Waals surface area contributed by atoms with Gasteiger partial charge in [0.25, 0.3) is 0 Å². The third kappa shape index (κ3) is 13.4. The number of carbonyl (C=O) groups is 2. The largest absolute Gasteiger partial charge is 0.481 e. The number of nitrogens with one attached hydrogen (secondary N) is 2. The molecule has 1 atom stereocenters. The minimum atomic E-state index is -0.827. The zero-order chi connectivity index (χ0) is 16.1. The van der Waals surface area contributed by atoms with Gasteiger partial charge in [-0.05, 0) is 24.7 Å². The molecule has 0 fully saturated rings. The van der Waals surface area contributed by atoms with Gasteiger partial charge in [-0.3, -0.25) is 4.79 Å². The highest BCUT2D eigenvalue weighted by Crippen LogP contribution is 2.14. The van der Waals surface area contributed by atoms with E-state index in [0.29, 0.717) is 25.6 Å². The Kier molecular flexibility index (Phi) is 11.7. The second-order valence-electron chi connectivity index (χ2n) is 5.70. The fraction of sp³-hybridized carbons (Fsp3) is 0.867. The summed E-state index contributed by atoms with van der Waals surface area (Å²) in [5.74, 6) is -0.451. The van der Waals surface area contributed by atoms with E-state index in [-0.39, 0.29) is 18.4 Å². The molecular weight excluding hydrogens is 272 g/mol. The fourth-order valence-electron chi connectivity index (χ4n) is 2.04. The van der Waals surface area contributed by atoms with Crippen LogP contribution in [-0.4, -0.2) is 43.4 Å². The highest BCUT2D eigenvalue weighted by atomic mass is 16.5. The molecule has 2 amide bonds. The number of unbranched alkanes of at least 4 members (excludes halogenated alkanes) is 1. The molecule has 124 valence electrons. The second kappa shape index (κ2) is 12.4. The van der Waals surface area contributed by atoms with Gasteiger partial charge in [0.2, 0.25) is 0 Å². The van der Waals surface area contributed by atoms with E-state index in [1.165, 1.54) is 0 Å². The van der Waals surface area contributed by atoms with Crippen LogP contribution in [-0.2, 0) is 9.53 Å². The summed E-state index contributed by atoms with van der Waals surface area (Å²) < 4.78 is 5.34. The normalized spacial score (nSPS) is 12.2. The molecule has 0 spiro atoms. The third-order valence-electron chi connectivity index (χ3n) is 2.99. The summed E-state index contributed by atoms with van der Waals surface area (Å²) in [7, 11) is 0. The van der Waals surface area contributed by atoms with Gasteiger partial charge in [-0.15, -0.1) is 0 Å². The number of carbonyl (C=O) groups excluding carboxylic acids is 1. The molecule has 0 aromatic rings. The van der Waals surface area contributed by atoms with Gasteiger partial charge in [0.05, 0.1) is 6.61 Å². The number of urea groups is 1. The maximum atomic E-state index is 11.6. The summed E-state index contributed by atoms with van der Waals surface area (Å²) in [6.07, 6.45) is 2.98. The molecule has 0 aliphatic heterocycles. The molecule has 6 nitrogen and oxygen atoms in total. The minimum absolute atomic E-state index is 0.0333. The molecule has 0 unspecified atom stereocenters. The van der Waals surface area contributed by atoms with Gasteiger partial charge in [-0.2, -0.15) is 0 Å². The Labute approximate surface area is 127 Å². The van der Waals surface area contributed by atoms with Crippen LogP contribution in [0.3, 0.4) is 0 Å². The van der Waals surface area contributed by atoms with Gasteiger partial charge in [-0.25, -0.2) is 4.79 Å². The van der Waals surface area contributed by atoms with E-state index < -0.39 is 5.97 Å². The van der Waals surface area contributed by atoms with Crippen LogP contribution in [0.4, 0.5) is 4.79 Å². The third-order valence-corrected chi connectivity index (χ3v) is 2.99. The maximum Gasteiger partial charge on any atom is 0.314 e. The standard InChI is InChI=1S/C15H30N2O4/c1-4-5-7-21-8-6-16-15(20)17-11-13(9-12(2)3)10-14(18)19/h12-13H,4-11H2,1-3H3,(H,18,19)(H2,16,17,20)/t13-/m0/s1. The molecule has 0 radical (unpaired) electrons. The van der Waals surface area contributed by atoms with Crippen LogP contribution in [0.1, 0.15) is 46.5 Å². The van der Waals surface area contributed by atoms with Crippen LogP contribution in [0.15, 0.2) is 0 Å². The first kappa shape index (κ1) is 19.7. The molecule has 0 aliphatic rings. The molecule has 6 heteroatoms. The molecule has 0 aliphatic carbocycles. The van der Waals surface area contributed by atoms with Crippen molar-refractivity contribution in [2.45, 2.75) is 46.5 Å². The molecule has 0 saturated carbocycles. The topological polar surface area (TPSA) is 87.7 Å². The predicted molar refractivity (Wildman–Crippen MR) is 82.3 cm³/mol. The summed E-state index contributed by atoms with van der Waals surface area (Å²) in [6.45, 7) is 8.24. The fourth-order valence-corrected chi connectivity index (χ4v) is 2.04. The SMILES string of the molecule is CCCCOCCNC(=O)NC[C@H](CC(=O)O)CC(C)C. The van der Waals surface area contributed by atoms with E-state index in [1.54, 1.807) is 0 Å². The predicted octanol–water partition coefficient (Wildman–Crippen LogP) is 2.24. The van der Waals surface area contributed by atoms with E-state index in [2.05, 4.69) is 17.6 Å². The number of carboxylic acid groups (broad SMARTS) is 1. The quantitative estimate of drug-likeness (QED) is 0.482. The van der Waals surface area contributed by atoms with E-state index in [1.807, 2.05) is 13.8 Å². The average Bonchev–Trinajstić information content (AvgIpc) is 2.38. The Hall–Kier alpha value is -1.30. The summed E-state index contributed by atoms with van der Waals surface area (Å²) in [4.78, 5) is 22.4. The smallest absolute Gasteiger partial charge is 0.314 e. The highest BCUT2D eigenvalue weighted by Gasteiger charge is 2.15. The van der Waals surface area contributed by atoms with Crippen LogP contribution in [0, 0.1) is 11.8 Å². The molecule has 0 aromatic carbocycles. The first-order valence-corrected chi connectivity index (χ1v) is 7.76. The molecular formula is C15H30N2O4. The van der Waals surface area contributed by atoms with Crippen molar-refractivity contribution in [3.63, 3.8) is 0 Å². The van der Waals surface area contributed by atoms with Crippen LogP contribution >= 0.6 is 0 Å². The molecule has 21 heavy (non-hydrogen) atoms. The number of aliphatic carboxylic acids is 1. The van der Waals surface area contributed by atoms with E-state index in [9.17, 15) is 9.59 Å². The van der Waals surface area contributed by atoms with Crippen molar-refractivity contribution in [2.75, 3.05) is 26.3 Å². The van der Waals surface area contributed by atoms with Gasteiger partial charge in [0, 0.05) is 26.1 Å². The van der Waals surface area contributed by atoms with Gasteiger partial charge < -0.3 is 20.5 Å². The lowest BCUT2D eigenvalue weighted by atomic mass is 9.94. The summed E-state index contributed by atoms with van der Waals surface area (Å²) in [6, 6.07) is -0.270. The minimum Gasteiger partial charge on any atom is -0.481 e. The van der Waals surface area contributed by atoms with E-state index in [0.717, 1.165) is 25.9 Å². The highest BCUT2D eigenvalue weighted by molar-refractivity contribution is 5.74. The first-order chi connectivity index (χ1) is 9.95. The van der Waals surface area contributed by atoms with Crippen LogP contribution in [0.5, 0.6) is 0 Å². The monoisotopic (exact) mass is 302 g/mol.